The lowest BCUT2D eigenvalue weighted by atomic mass is 10.4. The van der Waals surface area contributed by atoms with Crippen LogP contribution in [-0.4, -0.2) is 30.5 Å². The van der Waals surface area contributed by atoms with Gasteiger partial charge in [0.05, 0.1) is 6.20 Å². The minimum Gasteiger partial charge on any atom is -0.482 e. The third-order valence-corrected chi connectivity index (χ3v) is 2.66. The van der Waals surface area contributed by atoms with Crippen molar-refractivity contribution in [2.24, 2.45) is 0 Å². The summed E-state index contributed by atoms with van der Waals surface area (Å²) in [7, 11) is 0. The summed E-state index contributed by atoms with van der Waals surface area (Å²) in [6.07, 6.45) is 4.51. The van der Waals surface area contributed by atoms with Crippen LogP contribution < -0.4 is 9.64 Å². The van der Waals surface area contributed by atoms with Gasteiger partial charge in [0.1, 0.15) is 11.6 Å². The maximum absolute atomic E-state index is 10.4. The molecule has 0 N–H and O–H groups in total. The minimum absolute atomic E-state index is 0.417. The molecule has 16 heavy (non-hydrogen) atoms. The highest BCUT2D eigenvalue weighted by atomic mass is 16.5. The largest absolute Gasteiger partial charge is 0.482 e. The quantitative estimate of drug-likeness (QED) is 0.723. The van der Waals surface area contributed by atoms with E-state index in [-0.39, 0.29) is 0 Å². The Morgan fingerprint density at radius 2 is 2.19 bits per heavy atom. The predicted molar refractivity (Wildman–Crippen MR) is 61.8 cm³/mol. The first-order valence-corrected chi connectivity index (χ1v) is 5.62. The van der Waals surface area contributed by atoms with Gasteiger partial charge in [-0.05, 0) is 31.9 Å². The molecule has 1 aliphatic rings. The van der Waals surface area contributed by atoms with Crippen LogP contribution in [-0.2, 0) is 4.79 Å². The van der Waals surface area contributed by atoms with Gasteiger partial charge in [-0.3, -0.25) is 4.79 Å². The van der Waals surface area contributed by atoms with Crippen molar-refractivity contribution >= 4 is 12.1 Å². The Balaban J connectivity index is 2.01. The second-order valence-corrected chi connectivity index (χ2v) is 4.01. The van der Waals surface area contributed by atoms with Crippen molar-refractivity contribution in [1.29, 1.82) is 0 Å². The van der Waals surface area contributed by atoms with Gasteiger partial charge in [0.15, 0.2) is 12.4 Å². The van der Waals surface area contributed by atoms with E-state index in [1.807, 2.05) is 12.1 Å². The molecule has 2 rings (SSSR count). The minimum atomic E-state index is -0.417. The number of aldehydes is 1. The monoisotopic (exact) mass is 220 g/mol. The molecule has 1 aliphatic heterocycles. The number of anilines is 1. The van der Waals surface area contributed by atoms with Gasteiger partial charge in [-0.25, -0.2) is 4.98 Å². The van der Waals surface area contributed by atoms with Gasteiger partial charge in [0.25, 0.3) is 0 Å². The highest BCUT2D eigenvalue weighted by Gasteiger charge is 2.13. The molecule has 1 aromatic heterocycles. The highest BCUT2D eigenvalue weighted by Crippen LogP contribution is 2.20. The van der Waals surface area contributed by atoms with Crippen LogP contribution in [0.2, 0.25) is 0 Å². The number of aromatic nitrogens is 1. The number of carbonyl (C=O) groups excluding carboxylic acids is 1. The lowest BCUT2D eigenvalue weighted by molar-refractivity contribution is -0.113. The van der Waals surface area contributed by atoms with Crippen LogP contribution in [0.15, 0.2) is 18.3 Å². The van der Waals surface area contributed by atoms with Crippen molar-refractivity contribution in [2.75, 3.05) is 18.0 Å². The average Bonchev–Trinajstić information content (AvgIpc) is 2.83. The second-order valence-electron chi connectivity index (χ2n) is 4.01. The standard InChI is InChI=1S/C12H16N2O2/c1-10(9-15)16-11-4-5-12(13-8-11)14-6-2-3-7-14/h4-5,8-10H,2-3,6-7H2,1H3. The molecule has 0 spiro atoms. The van der Waals surface area contributed by atoms with Crippen molar-refractivity contribution in [3.05, 3.63) is 18.3 Å². The first-order valence-electron chi connectivity index (χ1n) is 5.62. The van der Waals surface area contributed by atoms with Crippen LogP contribution in [0.3, 0.4) is 0 Å². The van der Waals surface area contributed by atoms with Crippen molar-refractivity contribution < 1.29 is 9.53 Å². The van der Waals surface area contributed by atoms with Crippen LogP contribution in [0.4, 0.5) is 5.82 Å². The van der Waals surface area contributed by atoms with Crippen LogP contribution >= 0.6 is 0 Å². The van der Waals surface area contributed by atoms with Gasteiger partial charge in [-0.15, -0.1) is 0 Å². The van der Waals surface area contributed by atoms with E-state index >= 15 is 0 Å². The molecule has 1 saturated heterocycles. The molecule has 0 radical (unpaired) electrons. The van der Waals surface area contributed by atoms with Gasteiger partial charge >= 0.3 is 0 Å². The summed E-state index contributed by atoms with van der Waals surface area (Å²) in [5, 5.41) is 0. The van der Waals surface area contributed by atoms with E-state index < -0.39 is 6.10 Å². The van der Waals surface area contributed by atoms with Gasteiger partial charge in [0, 0.05) is 13.1 Å². The zero-order valence-corrected chi connectivity index (χ0v) is 9.43. The zero-order chi connectivity index (χ0) is 11.4. The third-order valence-electron chi connectivity index (χ3n) is 2.66. The maximum atomic E-state index is 10.4. The van der Waals surface area contributed by atoms with Gasteiger partial charge < -0.3 is 9.64 Å². The summed E-state index contributed by atoms with van der Waals surface area (Å²) >= 11 is 0. The Labute approximate surface area is 95.2 Å². The van der Waals surface area contributed by atoms with E-state index in [2.05, 4.69) is 9.88 Å². The summed E-state index contributed by atoms with van der Waals surface area (Å²) in [6.45, 7) is 3.87. The fourth-order valence-electron chi connectivity index (χ4n) is 1.82. The van der Waals surface area contributed by atoms with Crippen molar-refractivity contribution in [3.63, 3.8) is 0 Å². The summed E-state index contributed by atoms with van der Waals surface area (Å²) < 4.78 is 5.33. The van der Waals surface area contributed by atoms with E-state index in [1.54, 1.807) is 13.1 Å². The fourth-order valence-corrected chi connectivity index (χ4v) is 1.82. The molecule has 1 atom stereocenters. The summed E-state index contributed by atoms with van der Waals surface area (Å²) in [5.41, 5.74) is 0. The molecule has 1 fully saturated rings. The molecule has 0 aromatic carbocycles. The molecule has 0 bridgehead atoms. The Morgan fingerprint density at radius 3 is 2.75 bits per heavy atom. The van der Waals surface area contributed by atoms with Crippen molar-refractivity contribution in [2.45, 2.75) is 25.9 Å². The first-order chi connectivity index (χ1) is 7.79. The SMILES string of the molecule is CC(C=O)Oc1ccc(N2CCCC2)nc1. The van der Waals surface area contributed by atoms with E-state index in [0.717, 1.165) is 25.2 Å². The number of nitrogens with zero attached hydrogens (tertiary/aromatic N) is 2. The fraction of sp³-hybridized carbons (Fsp3) is 0.500. The number of carbonyl (C=O) groups is 1. The topological polar surface area (TPSA) is 42.4 Å². The molecule has 1 unspecified atom stereocenters. The van der Waals surface area contributed by atoms with Crippen molar-refractivity contribution in [1.82, 2.24) is 4.98 Å². The van der Waals surface area contributed by atoms with Crippen LogP contribution in [0, 0.1) is 0 Å². The van der Waals surface area contributed by atoms with E-state index in [9.17, 15) is 4.79 Å². The Kier molecular flexibility index (Phi) is 3.39. The number of hydrogen-bond acceptors (Lipinski definition) is 4. The summed E-state index contributed by atoms with van der Waals surface area (Å²) in [6, 6.07) is 3.80. The number of hydrogen-bond donors (Lipinski definition) is 0. The molecular weight excluding hydrogens is 204 g/mol. The molecule has 0 amide bonds. The lowest BCUT2D eigenvalue weighted by Crippen LogP contribution is -2.19. The third kappa shape index (κ3) is 2.51. The normalized spacial score (nSPS) is 17.2. The lowest BCUT2D eigenvalue weighted by Gasteiger charge is -2.16. The zero-order valence-electron chi connectivity index (χ0n) is 9.43. The first kappa shape index (κ1) is 10.9. The molecule has 2 heterocycles. The molecular formula is C12H16N2O2. The van der Waals surface area contributed by atoms with E-state index in [0.29, 0.717) is 5.75 Å². The van der Waals surface area contributed by atoms with Gasteiger partial charge in [-0.1, -0.05) is 0 Å². The predicted octanol–water partition coefficient (Wildman–Crippen LogP) is 1.65. The summed E-state index contributed by atoms with van der Waals surface area (Å²) in [4.78, 5) is 17.0. The summed E-state index contributed by atoms with van der Waals surface area (Å²) in [5.74, 6) is 1.63. The molecule has 86 valence electrons. The molecule has 4 nitrogen and oxygen atoms in total. The number of ether oxygens (including phenoxy) is 1. The number of pyridine rings is 1. The van der Waals surface area contributed by atoms with Crippen LogP contribution in [0.5, 0.6) is 5.75 Å². The number of rotatable bonds is 4. The molecule has 1 aromatic rings. The maximum Gasteiger partial charge on any atom is 0.160 e. The Morgan fingerprint density at radius 1 is 1.44 bits per heavy atom. The highest BCUT2D eigenvalue weighted by molar-refractivity contribution is 5.56. The Bertz CT molecular complexity index is 345. The van der Waals surface area contributed by atoms with Crippen molar-refractivity contribution in [3.8, 4) is 5.75 Å². The van der Waals surface area contributed by atoms with Crippen LogP contribution in [0.25, 0.3) is 0 Å². The molecule has 4 heteroatoms. The van der Waals surface area contributed by atoms with Crippen LogP contribution in [0.1, 0.15) is 19.8 Å². The Hall–Kier alpha value is -1.58. The molecule has 0 saturated carbocycles. The van der Waals surface area contributed by atoms with Gasteiger partial charge in [-0.2, -0.15) is 0 Å². The smallest absolute Gasteiger partial charge is 0.160 e. The average molecular weight is 220 g/mol. The van der Waals surface area contributed by atoms with E-state index in [1.165, 1.54) is 12.8 Å². The van der Waals surface area contributed by atoms with E-state index in [4.69, 9.17) is 4.74 Å². The van der Waals surface area contributed by atoms with Gasteiger partial charge in [0.2, 0.25) is 0 Å². The molecule has 0 aliphatic carbocycles. The second kappa shape index (κ2) is 4.96.